The molecule has 0 aliphatic rings. The van der Waals surface area contributed by atoms with Crippen LogP contribution >= 0.6 is 0 Å². The summed E-state index contributed by atoms with van der Waals surface area (Å²) >= 11 is 0. The third-order valence-electron chi connectivity index (χ3n) is 3.18. The number of amides is 1. The fraction of sp³-hybridized carbons (Fsp3) is 0.467. The molecule has 1 amide bonds. The Hall–Kier alpha value is -2.89. The number of nitrogens with zero attached hydrogens (tertiary/aromatic N) is 2. The van der Waals surface area contributed by atoms with Crippen LogP contribution < -0.4 is 0 Å². The maximum Gasteiger partial charge on any atom is 0.424 e. The summed E-state index contributed by atoms with van der Waals surface area (Å²) in [7, 11) is -4.50. The maximum atomic E-state index is 12.9. The van der Waals surface area contributed by atoms with Crippen molar-refractivity contribution in [1.82, 2.24) is 4.31 Å². The molecule has 27 heavy (non-hydrogen) atoms. The summed E-state index contributed by atoms with van der Waals surface area (Å²) < 4.78 is 35.7. The number of hydrogen-bond donors (Lipinski definition) is 0. The lowest BCUT2D eigenvalue weighted by atomic mass is 10.2. The largest absolute Gasteiger partial charge is 0.464 e. The summed E-state index contributed by atoms with van der Waals surface area (Å²) in [6.07, 6.45) is -1.80. The molecule has 0 bridgehead atoms. The highest BCUT2D eigenvalue weighted by molar-refractivity contribution is 7.89. The van der Waals surface area contributed by atoms with Gasteiger partial charge in [0, 0.05) is 6.42 Å². The van der Waals surface area contributed by atoms with Gasteiger partial charge in [0.05, 0.1) is 24.7 Å². The molecular weight excluding hydrogens is 384 g/mol. The minimum absolute atomic E-state index is 0.0898. The van der Waals surface area contributed by atoms with Gasteiger partial charge in [-0.1, -0.05) is 18.2 Å². The van der Waals surface area contributed by atoms with Crippen LogP contribution in [0.1, 0.15) is 20.3 Å². The molecule has 1 aromatic rings. The Labute approximate surface area is 156 Å². The van der Waals surface area contributed by atoms with Gasteiger partial charge in [0.2, 0.25) is 0 Å². The van der Waals surface area contributed by atoms with E-state index >= 15 is 0 Å². The Morgan fingerprint density at radius 1 is 1.15 bits per heavy atom. The number of ether oxygens (including phenoxy) is 2. The zero-order chi connectivity index (χ0) is 20.4. The predicted octanol–water partition coefficient (Wildman–Crippen LogP) is 1.36. The Morgan fingerprint density at radius 2 is 1.74 bits per heavy atom. The molecule has 1 rings (SSSR count). The van der Waals surface area contributed by atoms with Crippen molar-refractivity contribution >= 4 is 22.1 Å². The summed E-state index contributed by atoms with van der Waals surface area (Å²) in [5.41, 5.74) is 0. The van der Waals surface area contributed by atoms with Crippen LogP contribution in [0.2, 0.25) is 0 Å². The van der Waals surface area contributed by atoms with Gasteiger partial charge < -0.3 is 14.3 Å². The number of carbonyl (C=O) groups is 2. The van der Waals surface area contributed by atoms with Crippen molar-refractivity contribution in [2.75, 3.05) is 19.8 Å². The third-order valence-corrected chi connectivity index (χ3v) is 4.97. The summed E-state index contributed by atoms with van der Waals surface area (Å²) in [5, 5.41) is 9.25. The fourth-order valence-electron chi connectivity index (χ4n) is 2.09. The SMILES string of the molecule is CCOC(=O)[C@H](CCO[N+](=O)[O-])N(C(=O)OCC)S(=O)(=O)c1ccccc1. The van der Waals surface area contributed by atoms with Gasteiger partial charge in [0.1, 0.15) is 0 Å². The van der Waals surface area contributed by atoms with Crippen molar-refractivity contribution in [3.63, 3.8) is 0 Å². The number of hydrogen-bond acceptors (Lipinski definition) is 9. The molecule has 0 fully saturated rings. The third kappa shape index (κ3) is 6.09. The first kappa shape index (κ1) is 22.2. The zero-order valence-electron chi connectivity index (χ0n) is 14.8. The molecule has 0 saturated carbocycles. The summed E-state index contributed by atoms with van der Waals surface area (Å²) in [6, 6.07) is 5.21. The minimum Gasteiger partial charge on any atom is -0.464 e. The van der Waals surface area contributed by atoms with Gasteiger partial charge in [-0.2, -0.15) is 4.31 Å². The number of benzene rings is 1. The number of carbonyl (C=O) groups excluding carboxylic acids is 2. The minimum atomic E-state index is -4.50. The van der Waals surface area contributed by atoms with Crippen LogP contribution in [0.5, 0.6) is 0 Å². The zero-order valence-corrected chi connectivity index (χ0v) is 15.6. The quantitative estimate of drug-likeness (QED) is 0.321. The highest BCUT2D eigenvalue weighted by atomic mass is 32.2. The number of esters is 1. The Morgan fingerprint density at radius 3 is 2.26 bits per heavy atom. The molecule has 0 radical (unpaired) electrons. The van der Waals surface area contributed by atoms with E-state index in [1.54, 1.807) is 6.07 Å². The van der Waals surface area contributed by atoms with E-state index in [2.05, 4.69) is 4.84 Å². The van der Waals surface area contributed by atoms with E-state index in [9.17, 15) is 28.1 Å². The van der Waals surface area contributed by atoms with E-state index in [1.807, 2.05) is 0 Å². The monoisotopic (exact) mass is 404 g/mol. The van der Waals surface area contributed by atoms with Crippen LogP contribution in [0.15, 0.2) is 35.2 Å². The lowest BCUT2D eigenvalue weighted by Gasteiger charge is -2.28. The summed E-state index contributed by atoms with van der Waals surface area (Å²) in [5.74, 6) is -1.06. The Kier molecular flexibility index (Phi) is 8.45. The predicted molar refractivity (Wildman–Crippen MR) is 90.5 cm³/mol. The molecular formula is C15H20N2O9S. The molecule has 1 atom stereocenters. The highest BCUT2D eigenvalue weighted by Gasteiger charge is 2.41. The fourth-order valence-corrected chi connectivity index (χ4v) is 3.60. The first-order valence-electron chi connectivity index (χ1n) is 7.95. The molecule has 1 aromatic carbocycles. The number of sulfonamides is 1. The van der Waals surface area contributed by atoms with Crippen LogP contribution in [-0.4, -0.2) is 55.7 Å². The Balaban J connectivity index is 3.35. The topological polar surface area (TPSA) is 142 Å². The van der Waals surface area contributed by atoms with Gasteiger partial charge in [-0.3, -0.25) is 0 Å². The molecule has 0 aliphatic carbocycles. The molecule has 0 heterocycles. The van der Waals surface area contributed by atoms with Gasteiger partial charge in [-0.25, -0.2) is 18.0 Å². The normalized spacial score (nSPS) is 11.9. The summed E-state index contributed by atoms with van der Waals surface area (Å²) in [4.78, 5) is 38.9. The van der Waals surface area contributed by atoms with Crippen LogP contribution in [0.4, 0.5) is 4.79 Å². The number of rotatable bonds is 10. The maximum absolute atomic E-state index is 12.9. The van der Waals surface area contributed by atoms with E-state index in [-0.39, 0.29) is 22.4 Å². The second kappa shape index (κ2) is 10.3. The molecule has 150 valence electrons. The van der Waals surface area contributed by atoms with Crippen molar-refractivity contribution in [3.05, 3.63) is 40.4 Å². The van der Waals surface area contributed by atoms with E-state index < -0.39 is 46.2 Å². The molecule has 12 heteroatoms. The van der Waals surface area contributed by atoms with Gasteiger partial charge in [-0.05, 0) is 26.0 Å². The first-order chi connectivity index (χ1) is 12.8. The second-order valence-electron chi connectivity index (χ2n) is 4.93. The lowest BCUT2D eigenvalue weighted by molar-refractivity contribution is -0.757. The van der Waals surface area contributed by atoms with Gasteiger partial charge >= 0.3 is 12.1 Å². The van der Waals surface area contributed by atoms with E-state index in [1.165, 1.54) is 38.1 Å². The second-order valence-corrected chi connectivity index (χ2v) is 6.74. The van der Waals surface area contributed by atoms with Gasteiger partial charge in [0.15, 0.2) is 6.04 Å². The van der Waals surface area contributed by atoms with Crippen molar-refractivity contribution in [2.45, 2.75) is 31.2 Å². The van der Waals surface area contributed by atoms with Crippen molar-refractivity contribution in [3.8, 4) is 0 Å². The van der Waals surface area contributed by atoms with Crippen LogP contribution in [0.3, 0.4) is 0 Å². The van der Waals surface area contributed by atoms with E-state index in [0.29, 0.717) is 0 Å². The van der Waals surface area contributed by atoms with Gasteiger partial charge in [0.25, 0.3) is 15.1 Å². The average Bonchev–Trinajstić information content (AvgIpc) is 2.61. The first-order valence-corrected chi connectivity index (χ1v) is 9.39. The summed E-state index contributed by atoms with van der Waals surface area (Å²) in [6.45, 7) is 2.08. The van der Waals surface area contributed by atoms with Crippen LogP contribution in [0, 0.1) is 10.1 Å². The molecule has 0 N–H and O–H groups in total. The lowest BCUT2D eigenvalue weighted by Crippen LogP contribution is -2.50. The molecule has 0 aromatic heterocycles. The smallest absolute Gasteiger partial charge is 0.424 e. The molecule has 0 aliphatic heterocycles. The Bertz CT molecular complexity index is 752. The van der Waals surface area contributed by atoms with E-state index in [0.717, 1.165) is 0 Å². The molecule has 11 nitrogen and oxygen atoms in total. The van der Waals surface area contributed by atoms with E-state index in [4.69, 9.17) is 9.47 Å². The molecule has 0 unspecified atom stereocenters. The standard InChI is InChI=1S/C15H20N2O9S/c1-3-24-14(18)13(10-11-26-17(20)21)16(15(19)25-4-2)27(22,23)12-8-6-5-7-9-12/h5-9,13H,3-4,10-11H2,1-2H3/t13-/m0/s1. The van der Waals surface area contributed by atoms with Crippen molar-refractivity contribution in [2.24, 2.45) is 0 Å². The van der Waals surface area contributed by atoms with Crippen LogP contribution in [0.25, 0.3) is 0 Å². The highest BCUT2D eigenvalue weighted by Crippen LogP contribution is 2.22. The van der Waals surface area contributed by atoms with Crippen molar-refractivity contribution in [1.29, 1.82) is 0 Å². The average molecular weight is 404 g/mol. The molecule has 0 saturated heterocycles. The van der Waals surface area contributed by atoms with Crippen molar-refractivity contribution < 1.29 is 37.4 Å². The van der Waals surface area contributed by atoms with Gasteiger partial charge in [-0.15, -0.1) is 10.1 Å². The molecule has 0 spiro atoms. The van der Waals surface area contributed by atoms with Crippen LogP contribution in [-0.2, 0) is 29.1 Å².